The Labute approximate surface area is 82.5 Å². The Kier molecular flexibility index (Phi) is 1.48. The molecule has 0 N–H and O–H groups in total. The van der Waals surface area contributed by atoms with Crippen LogP contribution in [-0.4, -0.2) is 20.4 Å². The number of likely N-dealkylation sites (N-methyl/N-ethyl adjacent to an activating group) is 1. The maximum Gasteiger partial charge on any atom is 0.231 e. The molecule has 0 fully saturated rings. The number of benzene rings is 1. The Bertz CT molecular complexity index is 412. The van der Waals surface area contributed by atoms with Crippen LogP contribution in [0.3, 0.4) is 0 Å². The van der Waals surface area contributed by atoms with E-state index in [0.29, 0.717) is 6.79 Å². The molecular weight excluding hydrogens is 178 g/mol. The molecule has 0 unspecified atom stereocenters. The van der Waals surface area contributed by atoms with Crippen LogP contribution in [0.15, 0.2) is 18.2 Å². The number of rotatable bonds is 0. The van der Waals surface area contributed by atoms with E-state index in [2.05, 4.69) is 24.1 Å². The minimum Gasteiger partial charge on any atom is -0.454 e. The van der Waals surface area contributed by atoms with Crippen molar-refractivity contribution in [3.8, 4) is 11.5 Å². The van der Waals surface area contributed by atoms with Crippen LogP contribution in [0, 0.1) is 0 Å². The molecule has 0 radical (unpaired) electrons. The summed E-state index contributed by atoms with van der Waals surface area (Å²) in [5, 5.41) is 0. The largest absolute Gasteiger partial charge is 0.454 e. The highest BCUT2D eigenvalue weighted by molar-refractivity contribution is 5.75. The predicted octanol–water partition coefficient (Wildman–Crippen LogP) is 1.88. The molecule has 2 heterocycles. The van der Waals surface area contributed by atoms with Gasteiger partial charge in [0.2, 0.25) is 6.79 Å². The number of hydrogen-bond acceptors (Lipinski definition) is 3. The number of fused-ring (bicyclic) bond motifs is 2. The molecule has 2 aliphatic heterocycles. The smallest absolute Gasteiger partial charge is 0.231 e. The second-order valence-corrected chi connectivity index (χ2v) is 3.55. The summed E-state index contributed by atoms with van der Waals surface area (Å²) < 4.78 is 10.7. The summed E-state index contributed by atoms with van der Waals surface area (Å²) in [6, 6.07) is 4.07. The van der Waals surface area contributed by atoms with Gasteiger partial charge in [-0.05, 0) is 6.07 Å². The summed E-state index contributed by atoms with van der Waals surface area (Å²) in [5.74, 6) is 1.70. The van der Waals surface area contributed by atoms with Gasteiger partial charge in [-0.15, -0.1) is 0 Å². The van der Waals surface area contributed by atoms with Gasteiger partial charge in [-0.2, -0.15) is 0 Å². The van der Waals surface area contributed by atoms with Crippen molar-refractivity contribution in [1.29, 1.82) is 0 Å². The molecule has 14 heavy (non-hydrogen) atoms. The van der Waals surface area contributed by atoms with Crippen LogP contribution in [0.1, 0.15) is 5.56 Å². The van der Waals surface area contributed by atoms with Crippen molar-refractivity contribution >= 4 is 11.8 Å². The third-order valence-electron chi connectivity index (χ3n) is 2.61. The quantitative estimate of drug-likeness (QED) is 0.622. The Morgan fingerprint density at radius 3 is 2.86 bits per heavy atom. The molecule has 0 aliphatic carbocycles. The SMILES string of the molecule is CN1CC=Cc2cc3c(cc21)OCO3. The second kappa shape index (κ2) is 2.67. The molecule has 72 valence electrons. The molecule has 0 saturated heterocycles. The van der Waals surface area contributed by atoms with Gasteiger partial charge in [-0.1, -0.05) is 12.2 Å². The Hall–Kier alpha value is -1.64. The fraction of sp³-hybridized carbons (Fsp3) is 0.273. The van der Waals surface area contributed by atoms with E-state index in [1.807, 2.05) is 12.1 Å². The fourth-order valence-corrected chi connectivity index (χ4v) is 1.85. The second-order valence-electron chi connectivity index (χ2n) is 3.55. The number of nitrogens with zero attached hydrogens (tertiary/aromatic N) is 1. The minimum absolute atomic E-state index is 0.339. The van der Waals surface area contributed by atoms with Crippen molar-refractivity contribution in [2.45, 2.75) is 0 Å². The van der Waals surface area contributed by atoms with Crippen LogP contribution in [0.2, 0.25) is 0 Å². The Balaban J connectivity index is 2.18. The lowest BCUT2D eigenvalue weighted by Crippen LogP contribution is -2.19. The van der Waals surface area contributed by atoms with Gasteiger partial charge in [-0.3, -0.25) is 0 Å². The molecule has 2 aliphatic rings. The standard InChI is InChI=1S/C11H11NO2/c1-12-4-2-3-8-5-10-11(6-9(8)12)14-7-13-10/h2-3,5-6H,4,7H2,1H3. The lowest BCUT2D eigenvalue weighted by molar-refractivity contribution is 0.174. The summed E-state index contributed by atoms with van der Waals surface area (Å²) in [6.07, 6.45) is 4.27. The van der Waals surface area contributed by atoms with Gasteiger partial charge in [0.1, 0.15) is 0 Å². The summed E-state index contributed by atoms with van der Waals surface area (Å²) in [5.41, 5.74) is 2.40. The van der Waals surface area contributed by atoms with Gasteiger partial charge in [0, 0.05) is 30.9 Å². The van der Waals surface area contributed by atoms with E-state index in [0.717, 1.165) is 18.0 Å². The molecule has 0 spiro atoms. The first-order valence-corrected chi connectivity index (χ1v) is 4.66. The predicted molar refractivity (Wildman–Crippen MR) is 54.9 cm³/mol. The van der Waals surface area contributed by atoms with Crippen molar-refractivity contribution < 1.29 is 9.47 Å². The minimum atomic E-state index is 0.339. The van der Waals surface area contributed by atoms with Crippen LogP contribution in [-0.2, 0) is 0 Å². The Morgan fingerprint density at radius 2 is 2.00 bits per heavy atom. The first kappa shape index (κ1) is 7.74. The van der Waals surface area contributed by atoms with E-state index in [9.17, 15) is 0 Å². The van der Waals surface area contributed by atoms with Gasteiger partial charge < -0.3 is 14.4 Å². The van der Waals surface area contributed by atoms with E-state index < -0.39 is 0 Å². The molecule has 0 bridgehead atoms. The average molecular weight is 189 g/mol. The van der Waals surface area contributed by atoms with Crippen LogP contribution < -0.4 is 14.4 Å². The van der Waals surface area contributed by atoms with Crippen molar-refractivity contribution in [1.82, 2.24) is 0 Å². The highest BCUT2D eigenvalue weighted by Gasteiger charge is 2.19. The third-order valence-corrected chi connectivity index (χ3v) is 2.61. The van der Waals surface area contributed by atoms with Crippen molar-refractivity contribution in [2.24, 2.45) is 0 Å². The number of anilines is 1. The number of ether oxygens (including phenoxy) is 2. The summed E-state index contributed by atoms with van der Waals surface area (Å²) >= 11 is 0. The summed E-state index contributed by atoms with van der Waals surface area (Å²) in [4.78, 5) is 2.19. The topological polar surface area (TPSA) is 21.7 Å². The van der Waals surface area contributed by atoms with Crippen LogP contribution in [0.4, 0.5) is 5.69 Å². The van der Waals surface area contributed by atoms with E-state index in [4.69, 9.17) is 9.47 Å². The highest BCUT2D eigenvalue weighted by Crippen LogP contribution is 2.39. The molecule has 0 saturated carbocycles. The molecule has 3 heteroatoms. The van der Waals surface area contributed by atoms with Crippen LogP contribution in [0.5, 0.6) is 11.5 Å². The van der Waals surface area contributed by atoms with Crippen molar-refractivity contribution in [3.63, 3.8) is 0 Å². The van der Waals surface area contributed by atoms with E-state index >= 15 is 0 Å². The summed E-state index contributed by atoms with van der Waals surface area (Å²) in [7, 11) is 2.07. The van der Waals surface area contributed by atoms with E-state index in [-0.39, 0.29) is 0 Å². The molecular formula is C11H11NO2. The zero-order chi connectivity index (χ0) is 9.54. The molecule has 0 aromatic heterocycles. The fourth-order valence-electron chi connectivity index (χ4n) is 1.85. The Morgan fingerprint density at radius 1 is 1.21 bits per heavy atom. The van der Waals surface area contributed by atoms with Gasteiger partial charge in [0.15, 0.2) is 11.5 Å². The molecule has 3 rings (SSSR count). The van der Waals surface area contributed by atoms with E-state index in [1.165, 1.54) is 11.3 Å². The molecule has 1 aromatic rings. The monoisotopic (exact) mass is 189 g/mol. The first-order chi connectivity index (χ1) is 6.84. The van der Waals surface area contributed by atoms with Gasteiger partial charge in [0.25, 0.3) is 0 Å². The normalized spacial score (nSPS) is 17.1. The molecule has 0 amide bonds. The zero-order valence-corrected chi connectivity index (χ0v) is 7.99. The van der Waals surface area contributed by atoms with Gasteiger partial charge in [-0.25, -0.2) is 0 Å². The summed E-state index contributed by atoms with van der Waals surface area (Å²) in [6.45, 7) is 1.29. The highest BCUT2D eigenvalue weighted by atomic mass is 16.7. The van der Waals surface area contributed by atoms with Crippen molar-refractivity contribution in [2.75, 3.05) is 25.3 Å². The maximum absolute atomic E-state index is 5.34. The zero-order valence-electron chi connectivity index (χ0n) is 7.99. The van der Waals surface area contributed by atoms with Crippen LogP contribution >= 0.6 is 0 Å². The lowest BCUT2D eigenvalue weighted by atomic mass is 10.1. The molecule has 0 atom stereocenters. The molecule has 3 nitrogen and oxygen atoms in total. The van der Waals surface area contributed by atoms with Gasteiger partial charge >= 0.3 is 0 Å². The maximum atomic E-state index is 5.34. The lowest BCUT2D eigenvalue weighted by Gasteiger charge is -2.23. The average Bonchev–Trinajstić information content (AvgIpc) is 2.62. The third kappa shape index (κ3) is 0.985. The van der Waals surface area contributed by atoms with Crippen molar-refractivity contribution in [3.05, 3.63) is 23.8 Å². The van der Waals surface area contributed by atoms with Gasteiger partial charge in [0.05, 0.1) is 0 Å². The van der Waals surface area contributed by atoms with E-state index in [1.54, 1.807) is 0 Å². The first-order valence-electron chi connectivity index (χ1n) is 4.66. The number of hydrogen-bond donors (Lipinski definition) is 0. The van der Waals surface area contributed by atoms with Crippen LogP contribution in [0.25, 0.3) is 6.08 Å². The molecule has 1 aromatic carbocycles.